The molecular weight excluding hydrogens is 375 g/mol. The monoisotopic (exact) mass is 391 g/mol. The van der Waals surface area contributed by atoms with Crippen molar-refractivity contribution < 1.29 is 26.4 Å². The van der Waals surface area contributed by atoms with Crippen molar-refractivity contribution in [3.05, 3.63) is 90.4 Å². The van der Waals surface area contributed by atoms with E-state index in [1.54, 1.807) is 12.4 Å². The molecule has 3 aromatic rings. The second-order valence-electron chi connectivity index (χ2n) is 4.86. The maximum Gasteiger partial charge on any atom is 2.00 e. The molecule has 7 heteroatoms. The summed E-state index contributed by atoms with van der Waals surface area (Å²) in [5.74, 6) is -0.387. The Bertz CT molecular complexity index is 767. The predicted molar refractivity (Wildman–Crippen MR) is 94.9 cm³/mol. The van der Waals surface area contributed by atoms with Crippen LogP contribution in [-0.4, -0.2) is 21.6 Å². The summed E-state index contributed by atoms with van der Waals surface area (Å²) in [6, 6.07) is 21.4. The van der Waals surface area contributed by atoms with Gasteiger partial charge in [0.25, 0.3) is 0 Å². The number of hydrogen-bond acceptors (Lipinski definition) is 6. The van der Waals surface area contributed by atoms with E-state index >= 15 is 0 Å². The first-order chi connectivity index (χ1) is 12.2. The molecule has 0 amide bonds. The van der Waals surface area contributed by atoms with E-state index in [0.717, 1.165) is 23.9 Å². The molecule has 0 atom stereocenters. The molecule has 2 aromatic heterocycles. The van der Waals surface area contributed by atoms with Crippen molar-refractivity contribution in [2.75, 3.05) is 5.43 Å². The van der Waals surface area contributed by atoms with Gasteiger partial charge in [-0.15, -0.1) is 0 Å². The Kier molecular flexibility index (Phi) is 9.29. The van der Waals surface area contributed by atoms with Gasteiger partial charge < -0.3 is 9.90 Å². The molecule has 1 N–H and O–H groups in total. The summed E-state index contributed by atoms with van der Waals surface area (Å²) < 4.78 is 0. The molecular formula is C19H17N4NiO2+. The van der Waals surface area contributed by atoms with E-state index in [0.29, 0.717) is 5.82 Å². The largest absolute Gasteiger partial charge is 2.00 e. The second-order valence-corrected chi connectivity index (χ2v) is 4.86. The van der Waals surface area contributed by atoms with Gasteiger partial charge in [-0.1, -0.05) is 42.5 Å². The molecule has 0 spiro atoms. The van der Waals surface area contributed by atoms with Crippen molar-refractivity contribution in [3.63, 3.8) is 0 Å². The zero-order valence-corrected chi connectivity index (χ0v) is 15.0. The first kappa shape index (κ1) is 21.0. The molecule has 6 nitrogen and oxygen atoms in total. The molecule has 2 heterocycles. The summed E-state index contributed by atoms with van der Waals surface area (Å²) >= 11 is 0. The zero-order valence-electron chi connectivity index (χ0n) is 14.0. The van der Waals surface area contributed by atoms with Gasteiger partial charge in [-0.25, -0.2) is 4.98 Å². The van der Waals surface area contributed by atoms with Gasteiger partial charge in [0.1, 0.15) is 11.5 Å². The number of hydrogen-bond donors (Lipinski definition) is 1. The number of carboxylic acid groups (broad SMARTS) is 1. The van der Waals surface area contributed by atoms with Crippen molar-refractivity contribution in [1.82, 2.24) is 9.97 Å². The van der Waals surface area contributed by atoms with E-state index < -0.39 is 5.97 Å². The Morgan fingerprint density at radius 2 is 1.50 bits per heavy atom. The Morgan fingerprint density at radius 1 is 0.923 bits per heavy atom. The van der Waals surface area contributed by atoms with Gasteiger partial charge in [0.15, 0.2) is 0 Å². The molecule has 0 fully saturated rings. The maximum atomic E-state index is 8.89. The fourth-order valence-corrected chi connectivity index (χ4v) is 1.91. The van der Waals surface area contributed by atoms with Crippen LogP contribution in [0.3, 0.4) is 0 Å². The average molecular weight is 392 g/mol. The van der Waals surface area contributed by atoms with E-state index in [9.17, 15) is 0 Å². The van der Waals surface area contributed by atoms with Crippen LogP contribution in [0.1, 0.15) is 18.2 Å². The first-order valence-corrected chi connectivity index (χ1v) is 7.56. The van der Waals surface area contributed by atoms with E-state index in [2.05, 4.69) is 20.5 Å². The van der Waals surface area contributed by atoms with Gasteiger partial charge >= 0.3 is 16.5 Å². The molecule has 0 bridgehead atoms. The molecule has 0 unspecified atom stereocenters. The third-order valence-electron chi connectivity index (χ3n) is 2.90. The molecule has 0 aliphatic heterocycles. The number of aliphatic carboxylic acids is 1. The number of rotatable bonds is 4. The van der Waals surface area contributed by atoms with Crippen LogP contribution in [0.25, 0.3) is 0 Å². The molecule has 0 aliphatic rings. The van der Waals surface area contributed by atoms with Crippen molar-refractivity contribution in [2.45, 2.75) is 6.92 Å². The fraction of sp³-hybridized carbons (Fsp3) is 0.0526. The SMILES string of the molecule is CC(=O)[O-].[Ni+2].c1ccc(/C(=N/Nc2ccccn2)c2ccccn2)cc1. The van der Waals surface area contributed by atoms with Crippen LogP contribution in [0.4, 0.5) is 5.82 Å². The number of aromatic nitrogens is 2. The van der Waals surface area contributed by atoms with Crippen LogP contribution in [-0.2, 0) is 21.3 Å². The van der Waals surface area contributed by atoms with Gasteiger partial charge in [-0.05, 0) is 31.2 Å². The number of hydrazone groups is 1. The van der Waals surface area contributed by atoms with Crippen LogP contribution < -0.4 is 10.5 Å². The van der Waals surface area contributed by atoms with Gasteiger partial charge in [0.2, 0.25) is 0 Å². The Hall–Kier alpha value is -3.05. The number of nitrogens with one attached hydrogen (secondary N) is 1. The van der Waals surface area contributed by atoms with Crippen molar-refractivity contribution >= 4 is 17.5 Å². The summed E-state index contributed by atoms with van der Waals surface area (Å²) in [4.78, 5) is 17.5. The molecule has 0 saturated carbocycles. The minimum Gasteiger partial charge on any atom is -0.550 e. The smallest absolute Gasteiger partial charge is 0.550 e. The zero-order chi connectivity index (χ0) is 17.9. The summed E-state index contributed by atoms with van der Waals surface area (Å²) in [6.07, 6.45) is 3.48. The van der Waals surface area contributed by atoms with Crippen LogP contribution in [0.15, 0.2) is 84.2 Å². The van der Waals surface area contributed by atoms with E-state index in [-0.39, 0.29) is 16.5 Å². The fourth-order valence-electron chi connectivity index (χ4n) is 1.91. The van der Waals surface area contributed by atoms with Crippen LogP contribution in [0, 0.1) is 0 Å². The average Bonchev–Trinajstić information content (AvgIpc) is 2.64. The predicted octanol–water partition coefficient (Wildman–Crippen LogP) is 2.09. The first-order valence-electron chi connectivity index (χ1n) is 7.56. The van der Waals surface area contributed by atoms with E-state index in [1.807, 2.05) is 66.7 Å². The summed E-state index contributed by atoms with van der Waals surface area (Å²) in [5.41, 5.74) is 5.57. The van der Waals surface area contributed by atoms with Crippen LogP contribution >= 0.6 is 0 Å². The standard InChI is InChI=1S/C17H14N4.C2H4O2.Ni/c1-2-8-14(9-3-1)17(15-10-4-6-12-18-15)21-20-16-11-5-7-13-19-16;1-2(3)4;/h1-13H,(H,19,20);1H3,(H,3,4);/q;;+2/p-1/b21-17-;;. The van der Waals surface area contributed by atoms with Gasteiger partial charge in [0, 0.05) is 23.9 Å². The molecule has 3 rings (SSSR count). The molecule has 134 valence electrons. The summed E-state index contributed by atoms with van der Waals surface area (Å²) in [6.45, 7) is 0.972. The topological polar surface area (TPSA) is 90.3 Å². The number of benzene rings is 1. The number of anilines is 1. The third kappa shape index (κ3) is 7.24. The van der Waals surface area contributed by atoms with Gasteiger partial charge in [-0.2, -0.15) is 5.10 Å². The number of carboxylic acids is 1. The Morgan fingerprint density at radius 3 is 2.04 bits per heavy atom. The maximum absolute atomic E-state index is 8.89. The number of carbonyl (C=O) groups excluding carboxylic acids is 1. The quantitative estimate of drug-likeness (QED) is 0.417. The van der Waals surface area contributed by atoms with E-state index in [1.165, 1.54) is 0 Å². The number of nitrogens with zero attached hydrogens (tertiary/aromatic N) is 3. The van der Waals surface area contributed by atoms with Crippen molar-refractivity contribution in [1.29, 1.82) is 0 Å². The summed E-state index contributed by atoms with van der Waals surface area (Å²) in [7, 11) is 0. The molecule has 26 heavy (non-hydrogen) atoms. The number of pyridine rings is 2. The number of carbonyl (C=O) groups is 1. The Labute approximate surface area is 162 Å². The summed E-state index contributed by atoms with van der Waals surface area (Å²) in [5, 5.41) is 13.4. The molecule has 1 aromatic carbocycles. The minimum absolute atomic E-state index is 0. The molecule has 0 saturated heterocycles. The minimum atomic E-state index is -1.08. The normalized spacial score (nSPS) is 9.96. The third-order valence-corrected chi connectivity index (χ3v) is 2.90. The van der Waals surface area contributed by atoms with Crippen molar-refractivity contribution in [2.24, 2.45) is 5.10 Å². The van der Waals surface area contributed by atoms with Crippen LogP contribution in [0.5, 0.6) is 0 Å². The molecule has 0 radical (unpaired) electrons. The van der Waals surface area contributed by atoms with Gasteiger partial charge in [-0.3, -0.25) is 10.4 Å². The Balaban J connectivity index is 0.000000616. The van der Waals surface area contributed by atoms with Crippen molar-refractivity contribution in [3.8, 4) is 0 Å². The van der Waals surface area contributed by atoms with E-state index in [4.69, 9.17) is 9.90 Å². The molecule has 0 aliphatic carbocycles. The van der Waals surface area contributed by atoms with Gasteiger partial charge in [0.05, 0.1) is 5.69 Å². The second kappa shape index (κ2) is 11.5. The van der Waals surface area contributed by atoms with Crippen LogP contribution in [0.2, 0.25) is 0 Å².